The molecule has 2 heterocycles. The molecule has 5 nitrogen and oxygen atoms in total. The summed E-state index contributed by atoms with van der Waals surface area (Å²) >= 11 is 0. The maximum atomic E-state index is 5.52. The number of aromatic nitrogens is 2. The zero-order valence-electron chi connectivity index (χ0n) is 11.7. The molecule has 0 saturated carbocycles. The highest BCUT2D eigenvalue weighted by molar-refractivity contribution is 5.90. The van der Waals surface area contributed by atoms with Crippen LogP contribution in [0.3, 0.4) is 0 Å². The van der Waals surface area contributed by atoms with Gasteiger partial charge in [-0.1, -0.05) is 12.1 Å². The van der Waals surface area contributed by atoms with E-state index in [0.717, 1.165) is 49.3 Å². The second kappa shape index (κ2) is 6.05. The number of hydrogen-bond acceptors (Lipinski definition) is 5. The molecule has 1 atom stereocenters. The van der Waals surface area contributed by atoms with E-state index >= 15 is 0 Å². The third-order valence-corrected chi connectivity index (χ3v) is 3.44. The van der Waals surface area contributed by atoms with Crippen molar-refractivity contribution >= 4 is 22.7 Å². The molecule has 1 aromatic carbocycles. The molecule has 0 spiro atoms. The van der Waals surface area contributed by atoms with Crippen molar-refractivity contribution in [2.75, 3.05) is 30.4 Å². The first-order valence-electron chi connectivity index (χ1n) is 7.21. The number of ether oxygens (including phenoxy) is 1. The first-order chi connectivity index (χ1) is 9.86. The molecule has 0 radical (unpaired) electrons. The molecule has 20 heavy (non-hydrogen) atoms. The van der Waals surface area contributed by atoms with Crippen LogP contribution in [-0.2, 0) is 4.74 Å². The molecule has 1 fully saturated rings. The van der Waals surface area contributed by atoms with Gasteiger partial charge in [0.1, 0.15) is 5.82 Å². The Labute approximate surface area is 118 Å². The van der Waals surface area contributed by atoms with Crippen molar-refractivity contribution in [2.45, 2.75) is 25.8 Å². The predicted molar refractivity (Wildman–Crippen MR) is 81.2 cm³/mol. The standard InChI is InChI=1S/C15H20N4O/c1-2-16-15-18-13-8-4-3-7-12(13)14(19-15)17-11-6-5-9-20-10-11/h3-4,7-8,11H,2,5-6,9-10H2,1H3,(H2,16,17,18,19). The van der Waals surface area contributed by atoms with Gasteiger partial charge in [-0.05, 0) is 31.9 Å². The zero-order chi connectivity index (χ0) is 13.8. The van der Waals surface area contributed by atoms with Crippen molar-refractivity contribution in [3.05, 3.63) is 24.3 Å². The maximum Gasteiger partial charge on any atom is 0.225 e. The molecule has 0 bridgehead atoms. The molecule has 2 N–H and O–H groups in total. The summed E-state index contributed by atoms with van der Waals surface area (Å²) in [7, 11) is 0. The van der Waals surface area contributed by atoms with Crippen molar-refractivity contribution in [1.29, 1.82) is 0 Å². The highest BCUT2D eigenvalue weighted by Crippen LogP contribution is 2.23. The normalized spacial score (nSPS) is 18.9. The second-order valence-electron chi connectivity index (χ2n) is 5.00. The largest absolute Gasteiger partial charge is 0.379 e. The van der Waals surface area contributed by atoms with E-state index in [0.29, 0.717) is 12.0 Å². The Morgan fingerprint density at radius 1 is 1.30 bits per heavy atom. The fourth-order valence-electron chi connectivity index (χ4n) is 2.47. The van der Waals surface area contributed by atoms with Gasteiger partial charge >= 0.3 is 0 Å². The molecule has 3 rings (SSSR count). The molecule has 5 heteroatoms. The van der Waals surface area contributed by atoms with Crippen molar-refractivity contribution in [1.82, 2.24) is 9.97 Å². The third-order valence-electron chi connectivity index (χ3n) is 3.44. The zero-order valence-corrected chi connectivity index (χ0v) is 11.7. The summed E-state index contributed by atoms with van der Waals surface area (Å²) < 4.78 is 5.52. The van der Waals surface area contributed by atoms with Crippen LogP contribution in [0.4, 0.5) is 11.8 Å². The molecular weight excluding hydrogens is 252 g/mol. The molecule has 1 aliphatic heterocycles. The molecule has 1 aromatic heterocycles. The van der Waals surface area contributed by atoms with Crippen LogP contribution < -0.4 is 10.6 Å². The molecule has 106 valence electrons. The van der Waals surface area contributed by atoms with Gasteiger partial charge in [0.15, 0.2) is 0 Å². The van der Waals surface area contributed by atoms with Gasteiger partial charge in [-0.25, -0.2) is 4.98 Å². The molecule has 2 aromatic rings. The quantitative estimate of drug-likeness (QED) is 0.896. The van der Waals surface area contributed by atoms with Gasteiger partial charge in [0, 0.05) is 18.5 Å². The summed E-state index contributed by atoms with van der Waals surface area (Å²) in [5, 5.41) is 7.75. The highest BCUT2D eigenvalue weighted by Gasteiger charge is 2.16. The third kappa shape index (κ3) is 2.82. The van der Waals surface area contributed by atoms with Crippen LogP contribution in [-0.4, -0.2) is 35.8 Å². The average Bonchev–Trinajstić information content (AvgIpc) is 2.49. The van der Waals surface area contributed by atoms with Crippen LogP contribution in [0.2, 0.25) is 0 Å². The minimum absolute atomic E-state index is 0.330. The van der Waals surface area contributed by atoms with Crippen molar-refractivity contribution in [3.8, 4) is 0 Å². The summed E-state index contributed by atoms with van der Waals surface area (Å²) in [6.07, 6.45) is 2.22. The van der Waals surface area contributed by atoms with Gasteiger partial charge in [-0.3, -0.25) is 0 Å². The van der Waals surface area contributed by atoms with E-state index in [9.17, 15) is 0 Å². The average molecular weight is 272 g/mol. The number of nitrogens with zero attached hydrogens (tertiary/aromatic N) is 2. The Bertz CT molecular complexity index is 581. The molecule has 0 amide bonds. The van der Waals surface area contributed by atoms with Gasteiger partial charge in [0.2, 0.25) is 5.95 Å². The van der Waals surface area contributed by atoms with Gasteiger partial charge in [-0.2, -0.15) is 4.98 Å². The monoisotopic (exact) mass is 272 g/mol. The lowest BCUT2D eigenvalue weighted by molar-refractivity contribution is 0.0875. The Morgan fingerprint density at radius 2 is 2.20 bits per heavy atom. The van der Waals surface area contributed by atoms with Crippen LogP contribution in [0, 0.1) is 0 Å². The van der Waals surface area contributed by atoms with Crippen molar-refractivity contribution in [3.63, 3.8) is 0 Å². The van der Waals surface area contributed by atoms with Crippen molar-refractivity contribution in [2.24, 2.45) is 0 Å². The van der Waals surface area contributed by atoms with Gasteiger partial charge in [-0.15, -0.1) is 0 Å². The first kappa shape index (κ1) is 13.1. The number of benzene rings is 1. The predicted octanol–water partition coefficient (Wildman–Crippen LogP) is 2.65. The number of nitrogens with one attached hydrogen (secondary N) is 2. The minimum atomic E-state index is 0.330. The van der Waals surface area contributed by atoms with Gasteiger partial charge < -0.3 is 15.4 Å². The highest BCUT2D eigenvalue weighted by atomic mass is 16.5. The number of hydrogen-bond donors (Lipinski definition) is 2. The topological polar surface area (TPSA) is 59.1 Å². The minimum Gasteiger partial charge on any atom is -0.379 e. The maximum absolute atomic E-state index is 5.52. The Hall–Kier alpha value is -1.88. The van der Waals surface area contributed by atoms with E-state index < -0.39 is 0 Å². The first-order valence-corrected chi connectivity index (χ1v) is 7.21. The van der Waals surface area contributed by atoms with Gasteiger partial charge in [0.05, 0.1) is 18.2 Å². The number of anilines is 2. The van der Waals surface area contributed by atoms with Crippen molar-refractivity contribution < 1.29 is 4.74 Å². The van der Waals surface area contributed by atoms with E-state index in [1.165, 1.54) is 0 Å². The van der Waals surface area contributed by atoms with Gasteiger partial charge in [0.25, 0.3) is 0 Å². The van der Waals surface area contributed by atoms with Crippen LogP contribution >= 0.6 is 0 Å². The smallest absolute Gasteiger partial charge is 0.225 e. The van der Waals surface area contributed by atoms with Crippen LogP contribution in [0.15, 0.2) is 24.3 Å². The van der Waals surface area contributed by atoms with Crippen LogP contribution in [0.5, 0.6) is 0 Å². The number of fused-ring (bicyclic) bond motifs is 1. The lowest BCUT2D eigenvalue weighted by Crippen LogP contribution is -2.30. The molecular formula is C15H20N4O. The lowest BCUT2D eigenvalue weighted by atomic mass is 10.1. The summed E-state index contributed by atoms with van der Waals surface area (Å²) in [4.78, 5) is 9.12. The fraction of sp³-hybridized carbons (Fsp3) is 0.467. The van der Waals surface area contributed by atoms with Crippen LogP contribution in [0.25, 0.3) is 10.9 Å². The van der Waals surface area contributed by atoms with E-state index in [-0.39, 0.29) is 0 Å². The Morgan fingerprint density at radius 3 is 3.00 bits per heavy atom. The SMILES string of the molecule is CCNc1nc(NC2CCCOC2)c2ccccc2n1. The number of rotatable bonds is 4. The van der Waals surface area contributed by atoms with Crippen LogP contribution in [0.1, 0.15) is 19.8 Å². The lowest BCUT2D eigenvalue weighted by Gasteiger charge is -2.24. The summed E-state index contributed by atoms with van der Waals surface area (Å²) in [6.45, 7) is 4.46. The molecule has 1 aliphatic rings. The Balaban J connectivity index is 1.93. The van der Waals surface area contributed by atoms with E-state index in [2.05, 4.69) is 26.7 Å². The summed E-state index contributed by atoms with van der Waals surface area (Å²) in [5.41, 5.74) is 0.956. The molecule has 1 unspecified atom stereocenters. The molecule has 0 aliphatic carbocycles. The Kier molecular flexibility index (Phi) is 3.97. The fourth-order valence-corrected chi connectivity index (χ4v) is 2.47. The van der Waals surface area contributed by atoms with E-state index in [4.69, 9.17) is 4.74 Å². The second-order valence-corrected chi connectivity index (χ2v) is 5.00. The van der Waals surface area contributed by atoms with E-state index in [1.54, 1.807) is 0 Å². The van der Waals surface area contributed by atoms with E-state index in [1.807, 2.05) is 25.1 Å². The summed E-state index contributed by atoms with van der Waals surface area (Å²) in [6, 6.07) is 8.41. The summed E-state index contributed by atoms with van der Waals surface area (Å²) in [5.74, 6) is 1.56. The molecule has 1 saturated heterocycles. The number of para-hydroxylation sites is 1.